The van der Waals surface area contributed by atoms with Gasteiger partial charge >= 0.3 is 0 Å². The fourth-order valence-electron chi connectivity index (χ4n) is 4.05. The van der Waals surface area contributed by atoms with Crippen molar-refractivity contribution in [2.45, 2.75) is 12.8 Å². The summed E-state index contributed by atoms with van der Waals surface area (Å²) in [6.07, 6.45) is 6.93. The van der Waals surface area contributed by atoms with Crippen molar-refractivity contribution in [1.29, 1.82) is 0 Å². The maximum Gasteiger partial charge on any atom is 0.270 e. The molecular formula is C17H15N3O5. The number of imide groups is 1. The van der Waals surface area contributed by atoms with Gasteiger partial charge in [-0.25, -0.2) is 0 Å². The summed E-state index contributed by atoms with van der Waals surface area (Å²) in [5, 5.41) is 25.4. The Hall–Kier alpha value is -3.03. The largest absolute Gasteiger partial charge is 0.507 e. The zero-order chi connectivity index (χ0) is 17.7. The first-order valence-corrected chi connectivity index (χ1v) is 8.05. The predicted octanol–water partition coefficient (Wildman–Crippen LogP) is 1.83. The lowest BCUT2D eigenvalue weighted by molar-refractivity contribution is -0.384. The van der Waals surface area contributed by atoms with Crippen molar-refractivity contribution in [2.24, 2.45) is 28.8 Å². The molecule has 2 fully saturated rings. The summed E-state index contributed by atoms with van der Waals surface area (Å²) in [5.74, 6) is -1.49. The summed E-state index contributed by atoms with van der Waals surface area (Å²) in [4.78, 5) is 35.5. The summed E-state index contributed by atoms with van der Waals surface area (Å²) >= 11 is 0. The van der Waals surface area contributed by atoms with Crippen LogP contribution in [-0.4, -0.2) is 33.1 Å². The van der Waals surface area contributed by atoms with Crippen LogP contribution in [0, 0.1) is 33.8 Å². The Balaban J connectivity index is 1.63. The number of rotatable bonds is 3. The van der Waals surface area contributed by atoms with Crippen LogP contribution in [0.2, 0.25) is 0 Å². The highest BCUT2D eigenvalue weighted by atomic mass is 16.6. The third-order valence-electron chi connectivity index (χ3n) is 5.27. The second-order valence-corrected chi connectivity index (χ2v) is 6.57. The van der Waals surface area contributed by atoms with Crippen molar-refractivity contribution in [3.63, 3.8) is 0 Å². The molecule has 5 rings (SSSR count). The first-order valence-electron chi connectivity index (χ1n) is 8.05. The van der Waals surface area contributed by atoms with E-state index in [0.717, 1.165) is 36.2 Å². The van der Waals surface area contributed by atoms with Crippen molar-refractivity contribution in [3.05, 3.63) is 46.0 Å². The lowest BCUT2D eigenvalue weighted by Crippen LogP contribution is -2.38. The number of phenols is 1. The molecule has 0 aromatic heterocycles. The van der Waals surface area contributed by atoms with E-state index in [1.807, 2.05) is 12.2 Å². The number of aromatic hydroxyl groups is 1. The van der Waals surface area contributed by atoms with E-state index >= 15 is 0 Å². The van der Waals surface area contributed by atoms with Crippen LogP contribution >= 0.6 is 0 Å². The number of hydrazone groups is 1. The van der Waals surface area contributed by atoms with E-state index in [9.17, 15) is 24.8 Å². The van der Waals surface area contributed by atoms with Crippen LogP contribution in [0.15, 0.2) is 35.5 Å². The molecule has 1 N–H and O–H groups in total. The first kappa shape index (κ1) is 15.5. The van der Waals surface area contributed by atoms with Gasteiger partial charge in [-0.15, -0.1) is 0 Å². The molecule has 1 aromatic rings. The third kappa shape index (κ3) is 2.33. The topological polar surface area (TPSA) is 113 Å². The van der Waals surface area contributed by atoms with Gasteiger partial charge < -0.3 is 5.11 Å². The molecule has 128 valence electrons. The SMILES string of the molecule is O=C1[C@@H]2[C@@H](C(=O)N1/N=C\c1cc([N+](=O)[O-])ccc1O)[C@H]1C=C[C@H]2CC1. The van der Waals surface area contributed by atoms with Gasteiger partial charge in [-0.3, -0.25) is 19.7 Å². The molecule has 1 saturated heterocycles. The molecule has 1 aliphatic heterocycles. The lowest BCUT2D eigenvalue weighted by Gasteiger charge is -2.37. The monoisotopic (exact) mass is 341 g/mol. The van der Waals surface area contributed by atoms with E-state index in [0.29, 0.717) is 0 Å². The number of fused-ring (bicyclic) bond motifs is 1. The molecule has 0 spiro atoms. The van der Waals surface area contributed by atoms with Gasteiger partial charge in [-0.1, -0.05) is 12.2 Å². The molecule has 1 aromatic carbocycles. The van der Waals surface area contributed by atoms with Crippen LogP contribution in [0.1, 0.15) is 18.4 Å². The number of nitro benzene ring substituents is 1. The molecule has 4 atom stereocenters. The number of carbonyl (C=O) groups excluding carboxylic acids is 2. The molecule has 0 unspecified atom stereocenters. The predicted molar refractivity (Wildman–Crippen MR) is 86.5 cm³/mol. The fourth-order valence-corrected chi connectivity index (χ4v) is 4.05. The van der Waals surface area contributed by atoms with Gasteiger partial charge in [-0.2, -0.15) is 10.1 Å². The highest BCUT2D eigenvalue weighted by molar-refractivity contribution is 6.06. The van der Waals surface area contributed by atoms with Crippen LogP contribution in [0.3, 0.4) is 0 Å². The normalized spacial score (nSPS) is 30.3. The number of amides is 2. The average molecular weight is 341 g/mol. The van der Waals surface area contributed by atoms with Gasteiger partial charge in [0.25, 0.3) is 17.5 Å². The van der Waals surface area contributed by atoms with E-state index in [2.05, 4.69) is 5.10 Å². The van der Waals surface area contributed by atoms with Gasteiger partial charge in [0, 0.05) is 17.7 Å². The van der Waals surface area contributed by atoms with Crippen LogP contribution in [0.25, 0.3) is 0 Å². The summed E-state index contributed by atoms with van der Waals surface area (Å²) in [7, 11) is 0. The number of hydrogen-bond donors (Lipinski definition) is 1. The molecule has 2 amide bonds. The Morgan fingerprint density at radius 3 is 2.28 bits per heavy atom. The van der Waals surface area contributed by atoms with Crippen molar-refractivity contribution in [3.8, 4) is 5.75 Å². The molecule has 25 heavy (non-hydrogen) atoms. The summed E-state index contributed by atoms with van der Waals surface area (Å²) < 4.78 is 0. The Labute approximate surface area is 142 Å². The number of hydrogen-bond acceptors (Lipinski definition) is 6. The smallest absolute Gasteiger partial charge is 0.270 e. The number of carbonyl (C=O) groups is 2. The van der Waals surface area contributed by atoms with Crippen LogP contribution in [0.5, 0.6) is 5.75 Å². The quantitative estimate of drug-likeness (QED) is 0.296. The number of non-ortho nitro benzene ring substituents is 1. The summed E-state index contributed by atoms with van der Waals surface area (Å²) in [6.45, 7) is 0. The summed E-state index contributed by atoms with van der Waals surface area (Å²) in [6, 6.07) is 3.48. The second kappa shape index (κ2) is 5.51. The first-order chi connectivity index (χ1) is 12.0. The number of nitro groups is 1. The van der Waals surface area contributed by atoms with E-state index in [4.69, 9.17) is 0 Å². The van der Waals surface area contributed by atoms with Crippen molar-refractivity contribution in [1.82, 2.24) is 5.01 Å². The molecule has 4 aliphatic rings. The van der Waals surface area contributed by atoms with Crippen molar-refractivity contribution >= 4 is 23.7 Å². The second-order valence-electron chi connectivity index (χ2n) is 6.57. The Morgan fingerprint density at radius 2 is 1.76 bits per heavy atom. The van der Waals surface area contributed by atoms with Crippen LogP contribution in [0.4, 0.5) is 5.69 Å². The highest BCUT2D eigenvalue weighted by Crippen LogP contribution is 2.49. The highest BCUT2D eigenvalue weighted by Gasteiger charge is 2.56. The van der Waals surface area contributed by atoms with Gasteiger partial charge in [0.2, 0.25) is 0 Å². The minimum absolute atomic E-state index is 0.0675. The fraction of sp³-hybridized carbons (Fsp3) is 0.353. The zero-order valence-corrected chi connectivity index (χ0v) is 13.1. The third-order valence-corrected chi connectivity index (χ3v) is 5.27. The van der Waals surface area contributed by atoms with Crippen LogP contribution < -0.4 is 0 Å². The zero-order valence-electron chi connectivity index (χ0n) is 13.1. The van der Waals surface area contributed by atoms with Gasteiger partial charge in [0.05, 0.1) is 23.0 Å². The number of allylic oxidation sites excluding steroid dienone is 2. The number of phenolic OH excluding ortho intramolecular Hbond substituents is 1. The molecule has 1 saturated carbocycles. The van der Waals surface area contributed by atoms with E-state index in [-0.39, 0.29) is 52.5 Å². The van der Waals surface area contributed by atoms with Gasteiger partial charge in [0.15, 0.2) is 0 Å². The lowest BCUT2D eigenvalue weighted by atomic mass is 9.63. The van der Waals surface area contributed by atoms with E-state index in [1.54, 1.807) is 0 Å². The van der Waals surface area contributed by atoms with Gasteiger partial charge in [-0.05, 0) is 30.7 Å². The van der Waals surface area contributed by atoms with E-state index in [1.165, 1.54) is 6.07 Å². The van der Waals surface area contributed by atoms with Crippen molar-refractivity contribution < 1.29 is 19.6 Å². The number of nitrogens with zero attached hydrogens (tertiary/aromatic N) is 3. The average Bonchev–Trinajstić information content (AvgIpc) is 2.88. The Bertz CT molecular complexity index is 815. The molecule has 0 radical (unpaired) electrons. The maximum atomic E-state index is 12.6. The van der Waals surface area contributed by atoms with Crippen LogP contribution in [-0.2, 0) is 9.59 Å². The molecule has 8 heteroatoms. The Kier molecular flexibility index (Phi) is 3.41. The Morgan fingerprint density at radius 1 is 1.16 bits per heavy atom. The molecule has 1 heterocycles. The standard InChI is InChI=1S/C17H15N3O5/c21-13-6-5-12(20(24)25)7-11(13)8-18-19-16(22)14-9-1-2-10(4-3-9)15(14)17(19)23/h1-2,5-10,14-15,21H,3-4H2/b18-8-/t9-,10-,14-,15-/m0/s1. The minimum atomic E-state index is -0.596. The molecule has 2 bridgehead atoms. The molecule has 3 aliphatic carbocycles. The summed E-state index contributed by atoms with van der Waals surface area (Å²) in [5.41, 5.74) is -0.139. The molecule has 8 nitrogen and oxygen atoms in total. The number of benzene rings is 1. The van der Waals surface area contributed by atoms with Crippen molar-refractivity contribution in [2.75, 3.05) is 0 Å². The maximum absolute atomic E-state index is 12.6. The van der Waals surface area contributed by atoms with E-state index < -0.39 is 4.92 Å². The minimum Gasteiger partial charge on any atom is -0.507 e. The molecular weight excluding hydrogens is 326 g/mol. The van der Waals surface area contributed by atoms with Gasteiger partial charge in [0.1, 0.15) is 5.75 Å².